The summed E-state index contributed by atoms with van der Waals surface area (Å²) in [6, 6.07) is 14.1. The number of benzene rings is 2. The number of hydrogen-bond acceptors (Lipinski definition) is 5. The molecular weight excluding hydrogens is 366 g/mol. The Morgan fingerprint density at radius 1 is 1.11 bits per heavy atom. The molecule has 0 radical (unpaired) electrons. The molecule has 1 amide bonds. The predicted molar refractivity (Wildman–Crippen MR) is 107 cm³/mol. The number of primary amides is 1. The van der Waals surface area contributed by atoms with Crippen LogP contribution in [0.5, 0.6) is 5.75 Å². The average molecular weight is 388 g/mol. The number of nitrogens with zero attached hydrogens (tertiary/aromatic N) is 1. The molecule has 1 atom stereocenters. The van der Waals surface area contributed by atoms with Crippen molar-refractivity contribution in [3.63, 3.8) is 0 Å². The maximum absolute atomic E-state index is 12.6. The molecule has 0 saturated carbocycles. The Kier molecular flexibility index (Phi) is 6.96. The van der Waals surface area contributed by atoms with Crippen LogP contribution in [0.3, 0.4) is 0 Å². The Morgan fingerprint density at radius 3 is 2.26 bits per heavy atom. The van der Waals surface area contributed by atoms with Crippen molar-refractivity contribution in [1.82, 2.24) is 5.32 Å². The number of ketones is 1. The van der Waals surface area contributed by atoms with E-state index in [4.69, 9.17) is 10.5 Å². The number of nitrogens with two attached hydrogens (primary N) is 1. The van der Waals surface area contributed by atoms with Crippen LogP contribution in [0.4, 0.5) is 0 Å². The lowest BCUT2D eigenvalue weighted by Gasteiger charge is -2.22. The molecule has 0 saturated heterocycles. The Labute approximate surface area is 164 Å². The highest BCUT2D eigenvalue weighted by molar-refractivity contribution is 6.03. The molecule has 0 fully saturated rings. The van der Waals surface area contributed by atoms with E-state index in [1.807, 2.05) is 19.1 Å². The zero-order valence-electron chi connectivity index (χ0n) is 15.0. The lowest BCUT2D eigenvalue weighted by atomic mass is 9.96. The van der Waals surface area contributed by atoms with E-state index in [-0.39, 0.29) is 24.1 Å². The van der Waals surface area contributed by atoms with Gasteiger partial charge in [0, 0.05) is 23.2 Å². The smallest absolute Gasteiger partial charge is 0.248 e. The van der Waals surface area contributed by atoms with Gasteiger partial charge in [-0.15, -0.1) is 12.4 Å². The van der Waals surface area contributed by atoms with Gasteiger partial charge in [0.25, 0.3) is 0 Å². The Morgan fingerprint density at radius 2 is 1.74 bits per heavy atom. The molecule has 2 aromatic rings. The standard InChI is InChI=1S/C20H21N3O3.ClH/c1-2-26-17-9-7-13(8-10-17)18(24)16-11-22-20(23-12-16)15-5-3-14(4-6-15)19(21)25;/h3-10,16H,2,11-12H2,1H3,(H2,21,25)(H,22,23);1H. The zero-order valence-corrected chi connectivity index (χ0v) is 15.8. The summed E-state index contributed by atoms with van der Waals surface area (Å²) in [6.07, 6.45) is 0. The van der Waals surface area contributed by atoms with Crippen LogP contribution in [0, 0.1) is 5.92 Å². The highest BCUT2D eigenvalue weighted by atomic mass is 35.5. The normalized spacial score (nSPS) is 15.7. The summed E-state index contributed by atoms with van der Waals surface area (Å²) >= 11 is 0. The van der Waals surface area contributed by atoms with Crippen molar-refractivity contribution in [1.29, 1.82) is 0 Å². The van der Waals surface area contributed by atoms with Crippen molar-refractivity contribution in [2.24, 2.45) is 16.6 Å². The number of carbonyl (C=O) groups is 2. The summed E-state index contributed by atoms with van der Waals surface area (Å²) in [4.78, 5) is 28.3. The largest absolute Gasteiger partial charge is 0.494 e. The van der Waals surface area contributed by atoms with Crippen molar-refractivity contribution in [3.05, 3.63) is 65.2 Å². The van der Waals surface area contributed by atoms with Gasteiger partial charge in [0.15, 0.2) is 5.78 Å². The Balaban J connectivity index is 0.00000261. The summed E-state index contributed by atoms with van der Waals surface area (Å²) in [6.45, 7) is 3.45. The van der Waals surface area contributed by atoms with E-state index in [0.717, 1.165) is 17.1 Å². The summed E-state index contributed by atoms with van der Waals surface area (Å²) in [5.41, 5.74) is 7.22. The average Bonchev–Trinajstić information content (AvgIpc) is 2.68. The monoisotopic (exact) mass is 387 g/mol. The lowest BCUT2D eigenvalue weighted by Crippen LogP contribution is -2.39. The second-order valence-electron chi connectivity index (χ2n) is 6.03. The molecule has 3 N–H and O–H groups in total. The summed E-state index contributed by atoms with van der Waals surface area (Å²) in [7, 11) is 0. The molecule has 27 heavy (non-hydrogen) atoms. The van der Waals surface area contributed by atoms with Crippen LogP contribution in [0.2, 0.25) is 0 Å². The number of carbonyl (C=O) groups excluding carboxylic acids is 2. The van der Waals surface area contributed by atoms with E-state index in [1.165, 1.54) is 0 Å². The third-order valence-corrected chi connectivity index (χ3v) is 4.25. The van der Waals surface area contributed by atoms with Gasteiger partial charge in [-0.05, 0) is 43.3 Å². The third-order valence-electron chi connectivity index (χ3n) is 4.25. The molecule has 6 nitrogen and oxygen atoms in total. The zero-order chi connectivity index (χ0) is 18.5. The first kappa shape index (κ1) is 20.5. The van der Waals surface area contributed by atoms with Gasteiger partial charge >= 0.3 is 0 Å². The minimum Gasteiger partial charge on any atom is -0.494 e. The molecule has 7 heteroatoms. The first-order chi connectivity index (χ1) is 12.6. The van der Waals surface area contributed by atoms with E-state index in [2.05, 4.69) is 10.3 Å². The van der Waals surface area contributed by atoms with Gasteiger partial charge < -0.3 is 15.8 Å². The van der Waals surface area contributed by atoms with E-state index in [1.54, 1.807) is 36.4 Å². The predicted octanol–water partition coefficient (Wildman–Crippen LogP) is 2.45. The molecule has 2 aromatic carbocycles. The number of ether oxygens (including phenoxy) is 1. The quantitative estimate of drug-likeness (QED) is 0.744. The van der Waals surface area contributed by atoms with Crippen LogP contribution in [0.1, 0.15) is 33.2 Å². The van der Waals surface area contributed by atoms with E-state index >= 15 is 0 Å². The van der Waals surface area contributed by atoms with Crippen LogP contribution in [0.15, 0.2) is 53.5 Å². The van der Waals surface area contributed by atoms with Crippen molar-refractivity contribution < 1.29 is 14.3 Å². The highest BCUT2D eigenvalue weighted by Crippen LogP contribution is 2.17. The number of hydrogen-bond donors (Lipinski definition) is 2. The Hall–Kier alpha value is -2.86. The number of halogens is 1. The fraction of sp³-hybridized carbons (Fsp3) is 0.250. The first-order valence-corrected chi connectivity index (χ1v) is 8.54. The van der Waals surface area contributed by atoms with Gasteiger partial charge in [-0.25, -0.2) is 0 Å². The molecule has 1 aliphatic rings. The Bertz CT molecular complexity index is 833. The molecule has 1 aliphatic heterocycles. The lowest BCUT2D eigenvalue weighted by molar-refractivity contribution is 0.0923. The number of amides is 1. The summed E-state index contributed by atoms with van der Waals surface area (Å²) in [5.74, 6) is 0.868. The molecule has 1 heterocycles. The van der Waals surface area contributed by atoms with Gasteiger partial charge in [-0.1, -0.05) is 12.1 Å². The van der Waals surface area contributed by atoms with Crippen LogP contribution < -0.4 is 15.8 Å². The molecule has 1 unspecified atom stereocenters. The van der Waals surface area contributed by atoms with Crippen molar-refractivity contribution in [2.45, 2.75) is 6.92 Å². The fourth-order valence-corrected chi connectivity index (χ4v) is 2.82. The van der Waals surface area contributed by atoms with E-state index in [0.29, 0.717) is 30.8 Å². The molecule has 0 bridgehead atoms. The topological polar surface area (TPSA) is 93.8 Å². The molecular formula is C20H22ClN3O3. The van der Waals surface area contributed by atoms with Crippen molar-refractivity contribution in [2.75, 3.05) is 19.7 Å². The summed E-state index contributed by atoms with van der Waals surface area (Å²) < 4.78 is 5.40. The van der Waals surface area contributed by atoms with Crippen molar-refractivity contribution >= 4 is 29.9 Å². The molecule has 0 spiro atoms. The minimum absolute atomic E-state index is 0. The molecule has 0 aromatic heterocycles. The fourth-order valence-electron chi connectivity index (χ4n) is 2.82. The van der Waals surface area contributed by atoms with Gasteiger partial charge in [0.05, 0.1) is 19.1 Å². The van der Waals surface area contributed by atoms with Crippen LogP contribution in [-0.2, 0) is 0 Å². The number of amidine groups is 1. The van der Waals surface area contributed by atoms with Gasteiger partial charge in [-0.2, -0.15) is 0 Å². The van der Waals surface area contributed by atoms with Crippen LogP contribution >= 0.6 is 12.4 Å². The van der Waals surface area contributed by atoms with Crippen LogP contribution in [-0.4, -0.2) is 37.2 Å². The number of rotatable bonds is 6. The number of Topliss-reactive ketones (excluding diaryl/α,β-unsaturated/α-hetero) is 1. The number of aliphatic imine (C=N–C) groups is 1. The first-order valence-electron chi connectivity index (χ1n) is 8.54. The maximum atomic E-state index is 12.6. The second kappa shape index (κ2) is 9.19. The van der Waals surface area contributed by atoms with Gasteiger partial charge in [0.1, 0.15) is 11.6 Å². The molecule has 142 valence electrons. The van der Waals surface area contributed by atoms with Gasteiger partial charge in [-0.3, -0.25) is 14.6 Å². The highest BCUT2D eigenvalue weighted by Gasteiger charge is 2.24. The second-order valence-corrected chi connectivity index (χ2v) is 6.03. The van der Waals surface area contributed by atoms with Gasteiger partial charge in [0.2, 0.25) is 5.91 Å². The third kappa shape index (κ3) is 4.86. The SMILES string of the molecule is CCOc1ccc(C(=O)C2CN=C(c3ccc(C(N)=O)cc3)NC2)cc1.Cl. The van der Waals surface area contributed by atoms with Crippen LogP contribution in [0.25, 0.3) is 0 Å². The van der Waals surface area contributed by atoms with Crippen molar-refractivity contribution in [3.8, 4) is 5.75 Å². The molecule has 0 aliphatic carbocycles. The molecule has 3 rings (SSSR count). The maximum Gasteiger partial charge on any atom is 0.248 e. The van der Waals surface area contributed by atoms with E-state index in [9.17, 15) is 9.59 Å². The summed E-state index contributed by atoms with van der Waals surface area (Å²) in [5, 5.41) is 3.20. The van der Waals surface area contributed by atoms with E-state index < -0.39 is 5.91 Å². The number of nitrogens with one attached hydrogen (secondary N) is 1. The minimum atomic E-state index is -0.462.